The van der Waals surface area contributed by atoms with Crippen molar-refractivity contribution < 1.29 is 19.1 Å². The summed E-state index contributed by atoms with van der Waals surface area (Å²) in [5, 5.41) is 3.70. The molecule has 4 rings (SSSR count). The average molecular weight is 610 g/mol. The predicted molar refractivity (Wildman–Crippen MR) is 150 cm³/mol. The van der Waals surface area contributed by atoms with Gasteiger partial charge in [0.2, 0.25) is 5.91 Å². The quantitative estimate of drug-likeness (QED) is 0.291. The fraction of sp³-hybridized carbons (Fsp3) is 0.231. The van der Waals surface area contributed by atoms with Crippen LogP contribution in [0.4, 0.5) is 11.4 Å². The standard InChI is InChI=1S/C26H23BrCl2N2O4S/c1-3-34-22-11-16(26-31(24(33)14-36-26)19-8-5-17(28)6-9-19)10-20(27)25(22)35-13-23(32)30-18-7-4-15(2)21(29)12-18/h4-12,26H,3,13-14H2,1-2H3,(H,30,32)/t26-/m0/s1. The maximum atomic E-state index is 12.7. The number of benzene rings is 3. The van der Waals surface area contributed by atoms with Crippen LogP contribution in [0.15, 0.2) is 59.1 Å². The number of carbonyl (C=O) groups excluding carboxylic acids is 2. The number of anilines is 2. The third-order valence-corrected chi connectivity index (χ3v) is 7.85. The number of hydrogen-bond acceptors (Lipinski definition) is 5. The third kappa shape index (κ3) is 6.11. The highest BCUT2D eigenvalue weighted by Crippen LogP contribution is 2.46. The Kier molecular flexibility index (Phi) is 8.72. The van der Waals surface area contributed by atoms with Crippen LogP contribution in [-0.4, -0.2) is 30.8 Å². The van der Waals surface area contributed by atoms with Crippen LogP contribution in [0.3, 0.4) is 0 Å². The molecule has 3 aromatic rings. The number of aryl methyl sites for hydroxylation is 1. The zero-order valence-corrected chi connectivity index (χ0v) is 23.4. The second-order valence-corrected chi connectivity index (χ2v) is 10.7. The molecule has 0 aliphatic carbocycles. The maximum absolute atomic E-state index is 12.7. The van der Waals surface area contributed by atoms with Gasteiger partial charge in [-0.25, -0.2) is 0 Å². The van der Waals surface area contributed by atoms with Gasteiger partial charge in [0.05, 0.1) is 16.8 Å². The number of ether oxygens (including phenoxy) is 2. The summed E-state index contributed by atoms with van der Waals surface area (Å²) in [6.07, 6.45) is 0. The van der Waals surface area contributed by atoms with E-state index >= 15 is 0 Å². The molecule has 0 saturated carbocycles. The average Bonchev–Trinajstić information content (AvgIpc) is 3.23. The molecule has 0 aromatic heterocycles. The number of halogens is 3. The molecule has 3 aromatic carbocycles. The SMILES string of the molecule is CCOc1cc([C@@H]2SCC(=O)N2c2ccc(Cl)cc2)cc(Br)c1OCC(=O)Nc1ccc(C)c(Cl)c1. The lowest BCUT2D eigenvalue weighted by atomic mass is 10.1. The first-order valence-corrected chi connectivity index (χ1v) is 13.7. The summed E-state index contributed by atoms with van der Waals surface area (Å²) in [5.74, 6) is 0.916. The number of rotatable bonds is 8. The van der Waals surface area contributed by atoms with Gasteiger partial charge in [-0.05, 0) is 89.4 Å². The first-order chi connectivity index (χ1) is 17.3. The molecule has 0 unspecified atom stereocenters. The van der Waals surface area contributed by atoms with Crippen LogP contribution in [0, 0.1) is 6.92 Å². The van der Waals surface area contributed by atoms with Gasteiger partial charge in [0, 0.05) is 21.4 Å². The molecule has 1 atom stereocenters. The van der Waals surface area contributed by atoms with E-state index in [1.807, 2.05) is 44.2 Å². The summed E-state index contributed by atoms with van der Waals surface area (Å²) in [7, 11) is 0. The summed E-state index contributed by atoms with van der Waals surface area (Å²) in [4.78, 5) is 27.0. The zero-order valence-electron chi connectivity index (χ0n) is 19.5. The largest absolute Gasteiger partial charge is 0.490 e. The minimum absolute atomic E-state index is 0.00890. The van der Waals surface area contributed by atoms with Gasteiger partial charge in [0.25, 0.3) is 5.91 Å². The Hall–Kier alpha value is -2.39. The van der Waals surface area contributed by atoms with E-state index in [9.17, 15) is 9.59 Å². The highest BCUT2D eigenvalue weighted by molar-refractivity contribution is 9.10. The molecule has 1 aliphatic rings. The summed E-state index contributed by atoms with van der Waals surface area (Å²) in [6.45, 7) is 3.93. The Morgan fingerprint density at radius 1 is 1.14 bits per heavy atom. The van der Waals surface area contributed by atoms with Crippen LogP contribution >= 0.6 is 50.9 Å². The van der Waals surface area contributed by atoms with Crippen molar-refractivity contribution in [1.29, 1.82) is 0 Å². The number of nitrogens with zero attached hydrogens (tertiary/aromatic N) is 1. The molecule has 188 valence electrons. The first-order valence-electron chi connectivity index (χ1n) is 11.1. The fourth-order valence-electron chi connectivity index (χ4n) is 3.69. The Bertz CT molecular complexity index is 1290. The van der Waals surface area contributed by atoms with Crippen LogP contribution < -0.4 is 19.7 Å². The van der Waals surface area contributed by atoms with Crippen molar-refractivity contribution in [1.82, 2.24) is 0 Å². The molecule has 2 amide bonds. The van der Waals surface area contributed by atoms with Gasteiger partial charge in [0.1, 0.15) is 5.37 Å². The third-order valence-electron chi connectivity index (χ3n) is 5.39. The molecule has 0 bridgehead atoms. The molecule has 1 saturated heterocycles. The van der Waals surface area contributed by atoms with Gasteiger partial charge in [-0.15, -0.1) is 11.8 Å². The van der Waals surface area contributed by atoms with E-state index in [1.165, 1.54) is 11.8 Å². The van der Waals surface area contributed by atoms with E-state index in [0.29, 0.717) is 44.1 Å². The van der Waals surface area contributed by atoms with Crippen LogP contribution in [0.1, 0.15) is 23.4 Å². The number of carbonyl (C=O) groups is 2. The van der Waals surface area contributed by atoms with E-state index in [4.69, 9.17) is 32.7 Å². The topological polar surface area (TPSA) is 67.9 Å². The molecule has 10 heteroatoms. The van der Waals surface area contributed by atoms with Crippen molar-refractivity contribution in [3.8, 4) is 11.5 Å². The van der Waals surface area contributed by atoms with Crippen LogP contribution in [0.25, 0.3) is 0 Å². The van der Waals surface area contributed by atoms with Crippen LogP contribution in [0.5, 0.6) is 11.5 Å². The van der Waals surface area contributed by atoms with Gasteiger partial charge in [-0.2, -0.15) is 0 Å². The molecule has 0 spiro atoms. The number of nitrogens with one attached hydrogen (secondary N) is 1. The van der Waals surface area contributed by atoms with E-state index in [1.54, 1.807) is 29.2 Å². The Morgan fingerprint density at radius 2 is 1.89 bits per heavy atom. The Morgan fingerprint density at radius 3 is 2.58 bits per heavy atom. The van der Waals surface area contributed by atoms with Gasteiger partial charge >= 0.3 is 0 Å². The van der Waals surface area contributed by atoms with Crippen molar-refractivity contribution in [3.63, 3.8) is 0 Å². The molecule has 0 radical (unpaired) electrons. The Labute approximate surface area is 232 Å². The molecule has 1 fully saturated rings. The normalized spacial score (nSPS) is 15.2. The lowest BCUT2D eigenvalue weighted by molar-refractivity contribution is -0.118. The lowest BCUT2D eigenvalue weighted by Gasteiger charge is -2.25. The number of hydrogen-bond donors (Lipinski definition) is 1. The molecular formula is C26H23BrCl2N2O4S. The van der Waals surface area contributed by atoms with E-state index in [0.717, 1.165) is 16.8 Å². The number of amides is 2. The fourth-order valence-corrected chi connectivity index (χ4v) is 5.73. The highest BCUT2D eigenvalue weighted by atomic mass is 79.9. The second kappa shape index (κ2) is 11.8. The lowest BCUT2D eigenvalue weighted by Crippen LogP contribution is -2.27. The molecule has 1 N–H and O–H groups in total. The van der Waals surface area contributed by atoms with Gasteiger partial charge in [0.15, 0.2) is 18.1 Å². The van der Waals surface area contributed by atoms with Crippen LogP contribution in [0.2, 0.25) is 10.0 Å². The maximum Gasteiger partial charge on any atom is 0.262 e. The zero-order chi connectivity index (χ0) is 25.8. The molecule has 36 heavy (non-hydrogen) atoms. The number of thioether (sulfide) groups is 1. The molecule has 6 nitrogen and oxygen atoms in total. The highest BCUT2D eigenvalue weighted by Gasteiger charge is 2.35. The summed E-state index contributed by atoms with van der Waals surface area (Å²) in [6, 6.07) is 16.2. The van der Waals surface area contributed by atoms with Crippen LogP contribution in [-0.2, 0) is 9.59 Å². The first kappa shape index (κ1) is 26.7. The van der Waals surface area contributed by atoms with Crippen molar-refractivity contribution in [2.24, 2.45) is 0 Å². The van der Waals surface area contributed by atoms with Gasteiger partial charge in [-0.1, -0.05) is 29.3 Å². The molecule has 1 heterocycles. The molecule has 1 aliphatic heterocycles. The second-order valence-electron chi connectivity index (χ2n) is 7.97. The van der Waals surface area contributed by atoms with Crippen molar-refractivity contribution >= 4 is 74.1 Å². The minimum atomic E-state index is -0.334. The summed E-state index contributed by atoms with van der Waals surface area (Å²) < 4.78 is 12.3. The van der Waals surface area contributed by atoms with Crippen molar-refractivity contribution in [3.05, 3.63) is 80.2 Å². The smallest absolute Gasteiger partial charge is 0.262 e. The van der Waals surface area contributed by atoms with Crippen molar-refractivity contribution in [2.45, 2.75) is 19.2 Å². The van der Waals surface area contributed by atoms with Crippen molar-refractivity contribution in [2.75, 3.05) is 29.2 Å². The predicted octanol–water partition coefficient (Wildman–Crippen LogP) is 7.26. The summed E-state index contributed by atoms with van der Waals surface area (Å²) in [5.41, 5.74) is 3.14. The van der Waals surface area contributed by atoms with E-state index < -0.39 is 0 Å². The monoisotopic (exact) mass is 608 g/mol. The van der Waals surface area contributed by atoms with E-state index in [2.05, 4.69) is 21.2 Å². The van der Waals surface area contributed by atoms with Gasteiger partial charge < -0.3 is 14.8 Å². The van der Waals surface area contributed by atoms with Gasteiger partial charge in [-0.3, -0.25) is 14.5 Å². The minimum Gasteiger partial charge on any atom is -0.490 e. The Balaban J connectivity index is 1.54. The van der Waals surface area contributed by atoms with E-state index in [-0.39, 0.29) is 23.8 Å². The molecular weight excluding hydrogens is 587 g/mol. The summed E-state index contributed by atoms with van der Waals surface area (Å²) >= 11 is 17.3.